The zero-order chi connectivity index (χ0) is 73.2. The highest BCUT2D eigenvalue weighted by molar-refractivity contribution is 7.47. The number of rotatable bonds is 62. The monoisotopic (exact) mass is 1450 g/mol. The minimum absolute atomic E-state index is 0.0329. The van der Waals surface area contributed by atoms with Crippen LogP contribution in [0, 0.1) is 0 Å². The lowest BCUT2D eigenvalue weighted by Gasteiger charge is -2.49. The van der Waals surface area contributed by atoms with Gasteiger partial charge in [-0.1, -0.05) is 264 Å². The quantitative estimate of drug-likeness (QED) is 0.00886. The molecule has 18 unspecified atom stereocenters. The molecule has 2 aliphatic heterocycles. The third-order valence-electron chi connectivity index (χ3n) is 19.5. The maximum Gasteiger partial charge on any atom is 0.472 e. The van der Waals surface area contributed by atoms with Crippen LogP contribution in [-0.2, 0) is 61.2 Å². The second-order valence-electron chi connectivity index (χ2n) is 28.4. The minimum Gasteiger partial charge on any atom is -0.463 e. The van der Waals surface area contributed by atoms with Crippen LogP contribution in [-0.4, -0.2) is 204 Å². The van der Waals surface area contributed by atoms with Gasteiger partial charge in [-0.2, -0.15) is 0 Å². The number of unbranched alkanes of at least 4 members (excludes halogenated alkanes) is 39. The molecule has 0 aromatic heterocycles. The molecule has 2 saturated heterocycles. The normalized spacial score (nSPS) is 27.3. The molecule has 0 amide bonds. The van der Waals surface area contributed by atoms with Gasteiger partial charge < -0.3 is 89.1 Å². The van der Waals surface area contributed by atoms with E-state index >= 15 is 0 Å². The SMILES string of the molecule is CCCCCC/C=C\CCCCCCCCCC(=O)OCC(COP(=O)(O)OC1C(OC2OC(CO)C(O)C(O)C2O)C(O)C(O)C(O)C1OC1OC(COC(=O)CCCCCCCCCCCCCCCCCC)C(O)C(O)C1O)OC(=O)CCCCCCCCCCCCCCCC. The van der Waals surface area contributed by atoms with Gasteiger partial charge in [-0.25, -0.2) is 4.57 Å². The van der Waals surface area contributed by atoms with Crippen molar-refractivity contribution >= 4 is 25.7 Å². The van der Waals surface area contributed by atoms with Crippen molar-refractivity contribution in [2.75, 3.05) is 26.4 Å². The van der Waals surface area contributed by atoms with Crippen LogP contribution in [0.15, 0.2) is 12.2 Å². The Morgan fingerprint density at radius 2 is 0.700 bits per heavy atom. The molecule has 0 bridgehead atoms. The average Bonchev–Trinajstić information content (AvgIpc) is 0.762. The van der Waals surface area contributed by atoms with E-state index in [0.29, 0.717) is 19.3 Å². The van der Waals surface area contributed by atoms with Gasteiger partial charge >= 0.3 is 25.7 Å². The maximum atomic E-state index is 14.3. The molecule has 0 radical (unpaired) electrons. The van der Waals surface area contributed by atoms with E-state index in [4.69, 9.17) is 42.2 Å². The van der Waals surface area contributed by atoms with E-state index in [-0.39, 0.29) is 19.3 Å². The van der Waals surface area contributed by atoms with Gasteiger partial charge in [0.2, 0.25) is 0 Å². The highest BCUT2D eigenvalue weighted by Gasteiger charge is 2.58. The summed E-state index contributed by atoms with van der Waals surface area (Å²) in [5.74, 6) is -1.98. The zero-order valence-electron chi connectivity index (χ0n) is 61.5. The van der Waals surface area contributed by atoms with E-state index in [2.05, 4.69) is 32.9 Å². The Morgan fingerprint density at radius 1 is 0.380 bits per heavy atom. The van der Waals surface area contributed by atoms with Crippen LogP contribution < -0.4 is 0 Å². The third-order valence-corrected chi connectivity index (χ3v) is 20.5. The molecule has 588 valence electrons. The van der Waals surface area contributed by atoms with Gasteiger partial charge in [0.15, 0.2) is 18.7 Å². The van der Waals surface area contributed by atoms with Crippen LogP contribution in [0.25, 0.3) is 0 Å². The molecule has 3 fully saturated rings. The molecule has 0 aromatic rings. The summed E-state index contributed by atoms with van der Waals surface area (Å²) >= 11 is 0. The lowest BCUT2D eigenvalue weighted by molar-refractivity contribution is -0.360. The summed E-state index contributed by atoms with van der Waals surface area (Å²) in [6.45, 7) is 3.47. The van der Waals surface area contributed by atoms with Crippen LogP contribution in [0.3, 0.4) is 0 Å². The van der Waals surface area contributed by atoms with Crippen molar-refractivity contribution in [2.45, 2.75) is 420 Å². The van der Waals surface area contributed by atoms with Crippen LogP contribution in [0.4, 0.5) is 0 Å². The Morgan fingerprint density at radius 3 is 1.09 bits per heavy atom. The smallest absolute Gasteiger partial charge is 0.463 e. The fraction of sp³-hybridized carbons (Fsp3) is 0.933. The fourth-order valence-corrected chi connectivity index (χ4v) is 14.1. The number of aliphatic hydroxyl groups excluding tert-OH is 10. The van der Waals surface area contributed by atoms with E-state index in [9.17, 15) is 74.9 Å². The first-order valence-corrected chi connectivity index (χ1v) is 41.0. The number of carbonyl (C=O) groups is 3. The molecule has 11 N–H and O–H groups in total. The van der Waals surface area contributed by atoms with Crippen molar-refractivity contribution in [3.8, 4) is 0 Å². The number of carbonyl (C=O) groups excluding carboxylic acids is 3. The van der Waals surface area contributed by atoms with Crippen molar-refractivity contribution in [2.24, 2.45) is 0 Å². The molecule has 24 nitrogen and oxygen atoms in total. The molecular formula is C75H139O24P. The molecule has 100 heavy (non-hydrogen) atoms. The van der Waals surface area contributed by atoms with Crippen LogP contribution in [0.2, 0.25) is 0 Å². The molecule has 3 aliphatic rings. The number of allylic oxidation sites excluding steroid dienone is 2. The number of phosphoric ester groups is 1. The van der Waals surface area contributed by atoms with Gasteiger partial charge in [0.1, 0.15) is 98.7 Å². The van der Waals surface area contributed by atoms with Crippen LogP contribution in [0.1, 0.15) is 316 Å². The second-order valence-corrected chi connectivity index (χ2v) is 29.8. The van der Waals surface area contributed by atoms with Crippen LogP contribution >= 0.6 is 7.82 Å². The molecule has 2 heterocycles. The van der Waals surface area contributed by atoms with Gasteiger partial charge in [0.05, 0.1) is 13.2 Å². The van der Waals surface area contributed by atoms with E-state index in [1.807, 2.05) is 0 Å². The van der Waals surface area contributed by atoms with Crippen molar-refractivity contribution < 1.29 is 117 Å². The number of esters is 3. The first-order valence-electron chi connectivity index (χ1n) is 39.5. The van der Waals surface area contributed by atoms with Gasteiger partial charge in [0, 0.05) is 19.3 Å². The van der Waals surface area contributed by atoms with Crippen molar-refractivity contribution in [1.82, 2.24) is 0 Å². The number of hydrogen-bond acceptors (Lipinski definition) is 23. The number of hydrogen-bond donors (Lipinski definition) is 11. The summed E-state index contributed by atoms with van der Waals surface area (Å²) in [4.78, 5) is 51.1. The Bertz CT molecular complexity index is 2110. The van der Waals surface area contributed by atoms with Crippen LogP contribution in [0.5, 0.6) is 0 Å². The summed E-state index contributed by atoms with van der Waals surface area (Å²) < 4.78 is 65.1. The summed E-state index contributed by atoms with van der Waals surface area (Å²) in [7, 11) is -5.70. The largest absolute Gasteiger partial charge is 0.472 e. The third kappa shape index (κ3) is 39.3. The first-order chi connectivity index (χ1) is 48.3. The molecule has 1 saturated carbocycles. The summed E-state index contributed by atoms with van der Waals surface area (Å²) in [6.07, 6.45) is 16.8. The van der Waals surface area contributed by atoms with Gasteiger partial charge in [0.25, 0.3) is 0 Å². The van der Waals surface area contributed by atoms with E-state index < -0.39 is 156 Å². The fourth-order valence-electron chi connectivity index (χ4n) is 13.1. The Kier molecular flexibility index (Phi) is 52.3. The molecule has 0 spiro atoms. The van der Waals surface area contributed by atoms with Gasteiger partial charge in [-0.3, -0.25) is 23.4 Å². The predicted molar refractivity (Wildman–Crippen MR) is 379 cm³/mol. The second kappa shape index (κ2) is 57.0. The topological polar surface area (TPSA) is 374 Å². The number of ether oxygens (including phenoxy) is 7. The molecule has 3 rings (SSSR count). The van der Waals surface area contributed by atoms with Gasteiger partial charge in [-0.15, -0.1) is 0 Å². The summed E-state index contributed by atoms with van der Waals surface area (Å²) in [6, 6.07) is 0. The number of aliphatic hydroxyl groups is 10. The van der Waals surface area contributed by atoms with E-state index in [1.165, 1.54) is 141 Å². The molecule has 1 aliphatic carbocycles. The first kappa shape index (κ1) is 91.9. The highest BCUT2D eigenvalue weighted by Crippen LogP contribution is 2.49. The van der Waals surface area contributed by atoms with Crippen molar-refractivity contribution in [3.05, 3.63) is 12.2 Å². The van der Waals surface area contributed by atoms with Crippen molar-refractivity contribution in [3.63, 3.8) is 0 Å². The number of phosphoric acid groups is 1. The Balaban J connectivity index is 1.71. The van der Waals surface area contributed by atoms with Crippen molar-refractivity contribution in [1.29, 1.82) is 0 Å². The Hall–Kier alpha value is -2.30. The Labute approximate surface area is 599 Å². The molecule has 0 aromatic carbocycles. The van der Waals surface area contributed by atoms with E-state index in [1.54, 1.807) is 0 Å². The highest BCUT2D eigenvalue weighted by atomic mass is 31.2. The lowest BCUT2D eigenvalue weighted by Crippen LogP contribution is -2.69. The van der Waals surface area contributed by atoms with Gasteiger partial charge in [-0.05, 0) is 44.9 Å². The zero-order valence-corrected chi connectivity index (χ0v) is 62.4. The minimum atomic E-state index is -5.70. The average molecular weight is 1460 g/mol. The summed E-state index contributed by atoms with van der Waals surface area (Å²) in [5.41, 5.74) is 0. The predicted octanol–water partition coefficient (Wildman–Crippen LogP) is 11.5. The lowest BCUT2D eigenvalue weighted by atomic mass is 9.84. The molecule has 18 atom stereocenters. The maximum absolute atomic E-state index is 14.3. The molecule has 25 heteroatoms. The van der Waals surface area contributed by atoms with E-state index in [0.717, 1.165) is 116 Å². The molecular weight excluding hydrogens is 1320 g/mol. The summed E-state index contributed by atoms with van der Waals surface area (Å²) in [5, 5.41) is 110. The standard InChI is InChI=1S/C75H139O24P/c1-4-7-10-13-16-19-22-25-28-30-33-35-38-41-44-47-50-60(78)92-55-58-63(81)65(83)70(88)75(96-58)98-72-68(86)66(84)67(85)71(97-74-69(87)64(82)62(80)57(52-76)95-74)73(72)99-100(89,90)93-54-56(94-61(79)51-48-45-42-39-36-31-27-24-21-18-15-12-9-6-3)53-91-59(77)49-46-43-40-37-34-32-29-26-23-20-17-14-11-8-5-2/h20,23,56-58,62-76,80-88H,4-19,21-22,24-55H2,1-3H3,(H,89,90)/b23-20-.